The smallest absolute Gasteiger partial charge is 0.324 e. The van der Waals surface area contributed by atoms with Crippen LogP contribution in [-0.4, -0.2) is 6.03 Å². The molecular weight excluding hydrogens is 856 g/mol. The molecule has 58 heavy (non-hydrogen) atoms. The molecule has 0 atom stereocenters. The molecule has 0 aliphatic heterocycles. The number of anilines is 2. The first kappa shape index (κ1) is 38.6. The average molecular weight is 895 g/mol. The van der Waals surface area contributed by atoms with Gasteiger partial charge >= 0.3 is 6.03 Å². The summed E-state index contributed by atoms with van der Waals surface area (Å²) >= 11 is 7.46. The van der Waals surface area contributed by atoms with Crippen LogP contribution >= 0.6 is 31.9 Å². The van der Waals surface area contributed by atoms with E-state index in [0.717, 1.165) is 52.7 Å². The maximum Gasteiger partial charge on any atom is 0.324 e. The van der Waals surface area contributed by atoms with Gasteiger partial charge < -0.3 is 24.7 Å². The minimum Gasteiger partial charge on any atom is -0.488 e. The monoisotopic (exact) mass is 892 g/mol. The molecule has 0 spiro atoms. The minimum atomic E-state index is -0.711. The molecule has 0 aliphatic rings. The lowest BCUT2D eigenvalue weighted by Gasteiger charge is -2.27. The number of fused-ring (bicyclic) bond motifs is 2. The van der Waals surface area contributed by atoms with Gasteiger partial charge in [0.25, 0.3) is 0 Å². The Morgan fingerprint density at radius 3 is 1.00 bits per heavy atom. The van der Waals surface area contributed by atoms with Crippen LogP contribution in [0.15, 0.2) is 179 Å². The van der Waals surface area contributed by atoms with Crippen LogP contribution in [0.3, 0.4) is 0 Å². The number of ether oxygens (including phenoxy) is 4. The number of carbonyl (C=O) groups is 1. The van der Waals surface area contributed by atoms with Crippen LogP contribution in [-0.2, 0) is 26.4 Å². The quantitative estimate of drug-likeness (QED) is 0.118. The zero-order chi connectivity index (χ0) is 39.8. The summed E-state index contributed by atoms with van der Waals surface area (Å²) < 4.78 is 27.2. The van der Waals surface area contributed by atoms with Gasteiger partial charge in [0.15, 0.2) is 0 Å². The first-order valence-corrected chi connectivity index (χ1v) is 20.3. The number of amides is 2. The Morgan fingerprint density at radius 1 is 0.414 bits per heavy atom. The third-order valence-electron chi connectivity index (χ3n) is 9.59. The van der Waals surface area contributed by atoms with Crippen LogP contribution in [0, 0.1) is 0 Å². The van der Waals surface area contributed by atoms with Gasteiger partial charge in [-0.05, 0) is 124 Å². The molecule has 8 rings (SSSR count). The number of halogens is 2. The van der Waals surface area contributed by atoms with Crippen molar-refractivity contribution in [3.8, 4) is 23.0 Å². The Kier molecular flexibility index (Phi) is 11.9. The van der Waals surface area contributed by atoms with Crippen molar-refractivity contribution < 1.29 is 23.7 Å². The van der Waals surface area contributed by atoms with Crippen LogP contribution in [0.2, 0.25) is 0 Å². The highest BCUT2D eigenvalue weighted by molar-refractivity contribution is 9.11. The van der Waals surface area contributed by atoms with E-state index in [1.54, 1.807) is 0 Å². The van der Waals surface area contributed by atoms with E-state index in [-0.39, 0.29) is 13.2 Å². The van der Waals surface area contributed by atoms with Crippen LogP contribution in [0.25, 0.3) is 21.5 Å². The van der Waals surface area contributed by atoms with Crippen molar-refractivity contribution in [2.45, 2.75) is 26.4 Å². The van der Waals surface area contributed by atoms with Crippen LogP contribution in [0.4, 0.5) is 16.2 Å². The van der Waals surface area contributed by atoms with Crippen LogP contribution in [0.5, 0.6) is 23.0 Å². The number of benzene rings is 8. The number of nitrogens with zero attached hydrogens (tertiary/aromatic N) is 1. The first-order valence-electron chi connectivity index (χ1n) is 18.7. The SMILES string of the molecule is NC(=O)N(c1cc2cc(Br)c(OCc3ccccc3)cc2cc1OCc1ccccc1)c1cc2cc(Br)c(OCc3ccccc3)cc2cc1OCc1ccccc1. The maximum absolute atomic E-state index is 13.9. The van der Waals surface area contributed by atoms with Crippen molar-refractivity contribution in [1.82, 2.24) is 0 Å². The molecule has 9 heteroatoms. The molecule has 0 saturated heterocycles. The summed E-state index contributed by atoms with van der Waals surface area (Å²) in [6, 6.07) is 54.6. The van der Waals surface area contributed by atoms with Crippen molar-refractivity contribution >= 4 is 70.8 Å². The first-order chi connectivity index (χ1) is 28.4. The summed E-state index contributed by atoms with van der Waals surface area (Å²) in [5, 5.41) is 3.38. The number of hydrogen-bond donors (Lipinski definition) is 1. The predicted octanol–water partition coefficient (Wildman–Crippen LogP) is 13.1. The standard InChI is InChI=1S/C49H38Br2N2O5/c50-41-21-37-23-43(47(57-31-35-17-9-3-10-18-35)27-39(37)25-45(41)55-29-33-13-5-1-6-14-33)53(49(52)54)44-24-38-22-42(51)46(56-30-34-15-7-2-8-16-34)26-40(38)28-48(44)58-32-36-19-11-4-12-20-36/h1-28H,29-32H2,(H2,52,54). The Bertz CT molecular complexity index is 2500. The van der Waals surface area contributed by atoms with Gasteiger partial charge in [-0.1, -0.05) is 121 Å². The third kappa shape index (κ3) is 9.12. The largest absolute Gasteiger partial charge is 0.488 e. The zero-order valence-electron chi connectivity index (χ0n) is 31.3. The van der Waals surface area contributed by atoms with Gasteiger partial charge in [-0.15, -0.1) is 0 Å². The Balaban J connectivity index is 1.23. The fraction of sp³-hybridized carbons (Fsp3) is 0.0816. The molecule has 0 heterocycles. The second-order valence-electron chi connectivity index (χ2n) is 13.7. The average Bonchev–Trinajstić information content (AvgIpc) is 3.25. The predicted molar refractivity (Wildman–Crippen MR) is 238 cm³/mol. The molecule has 0 unspecified atom stereocenters. The summed E-state index contributed by atoms with van der Waals surface area (Å²) in [5.41, 5.74) is 11.3. The highest BCUT2D eigenvalue weighted by atomic mass is 79.9. The van der Waals surface area contributed by atoms with E-state index >= 15 is 0 Å². The van der Waals surface area contributed by atoms with Crippen molar-refractivity contribution in [2.24, 2.45) is 5.73 Å². The van der Waals surface area contributed by atoms with Crippen molar-refractivity contribution in [3.63, 3.8) is 0 Å². The minimum absolute atomic E-state index is 0.258. The van der Waals surface area contributed by atoms with Crippen LogP contribution < -0.4 is 29.6 Å². The summed E-state index contributed by atoms with van der Waals surface area (Å²) in [7, 11) is 0. The Labute approximate surface area is 353 Å². The van der Waals surface area contributed by atoms with Crippen LogP contribution in [0.1, 0.15) is 22.3 Å². The van der Waals surface area contributed by atoms with E-state index in [9.17, 15) is 4.79 Å². The van der Waals surface area contributed by atoms with E-state index in [1.807, 2.05) is 170 Å². The van der Waals surface area contributed by atoms with E-state index in [1.165, 1.54) is 4.90 Å². The molecule has 7 nitrogen and oxygen atoms in total. The molecule has 8 aromatic carbocycles. The van der Waals surface area contributed by atoms with Gasteiger partial charge in [-0.3, -0.25) is 4.90 Å². The topological polar surface area (TPSA) is 83.3 Å². The summed E-state index contributed by atoms with van der Waals surface area (Å²) in [6.07, 6.45) is 0. The highest BCUT2D eigenvalue weighted by Crippen LogP contribution is 2.45. The fourth-order valence-electron chi connectivity index (χ4n) is 6.65. The van der Waals surface area contributed by atoms with E-state index < -0.39 is 6.03 Å². The summed E-state index contributed by atoms with van der Waals surface area (Å²) in [4.78, 5) is 15.3. The van der Waals surface area contributed by atoms with Crippen molar-refractivity contribution in [1.29, 1.82) is 0 Å². The second-order valence-corrected chi connectivity index (χ2v) is 15.4. The Morgan fingerprint density at radius 2 is 0.690 bits per heavy atom. The second kappa shape index (κ2) is 17.9. The number of urea groups is 1. The van der Waals surface area contributed by atoms with E-state index in [0.29, 0.717) is 47.6 Å². The molecule has 0 aliphatic carbocycles. The highest BCUT2D eigenvalue weighted by Gasteiger charge is 2.26. The molecule has 8 aromatic rings. The Hall–Kier alpha value is -6.29. The van der Waals surface area contributed by atoms with Gasteiger partial charge in [0.05, 0.1) is 20.3 Å². The summed E-state index contributed by atoms with van der Waals surface area (Å²) in [6.45, 7) is 1.32. The molecule has 2 amide bonds. The van der Waals surface area contributed by atoms with Crippen molar-refractivity contribution in [2.75, 3.05) is 4.90 Å². The number of nitrogens with two attached hydrogens (primary N) is 1. The van der Waals surface area contributed by atoms with Gasteiger partial charge in [0.2, 0.25) is 0 Å². The van der Waals surface area contributed by atoms with Gasteiger partial charge in [0.1, 0.15) is 49.4 Å². The number of hydrogen-bond acceptors (Lipinski definition) is 5. The lowest BCUT2D eigenvalue weighted by Crippen LogP contribution is -2.32. The molecule has 2 N–H and O–H groups in total. The lowest BCUT2D eigenvalue weighted by atomic mass is 10.1. The number of primary amides is 1. The molecule has 0 bridgehead atoms. The maximum atomic E-state index is 13.9. The summed E-state index contributed by atoms with van der Waals surface area (Å²) in [5.74, 6) is 2.25. The van der Waals surface area contributed by atoms with E-state index in [2.05, 4.69) is 31.9 Å². The third-order valence-corrected chi connectivity index (χ3v) is 10.8. The molecule has 0 aromatic heterocycles. The fourth-order valence-corrected chi connectivity index (χ4v) is 7.60. The molecule has 288 valence electrons. The number of carbonyl (C=O) groups excluding carboxylic acids is 1. The molecule has 0 radical (unpaired) electrons. The van der Waals surface area contributed by atoms with E-state index in [4.69, 9.17) is 24.7 Å². The number of rotatable bonds is 14. The molecule has 0 fully saturated rings. The van der Waals surface area contributed by atoms with Gasteiger partial charge in [-0.2, -0.15) is 0 Å². The van der Waals surface area contributed by atoms with Gasteiger partial charge in [0, 0.05) is 0 Å². The molecular formula is C49H38Br2N2O5. The van der Waals surface area contributed by atoms with Gasteiger partial charge in [-0.25, -0.2) is 4.79 Å². The van der Waals surface area contributed by atoms with Crippen molar-refractivity contribution in [3.05, 3.63) is 201 Å². The zero-order valence-corrected chi connectivity index (χ0v) is 34.5. The molecule has 0 saturated carbocycles. The normalized spacial score (nSPS) is 11.0. The lowest BCUT2D eigenvalue weighted by molar-refractivity contribution is 0.255.